The molecule has 0 spiro atoms. The van der Waals surface area contributed by atoms with Crippen LogP contribution >= 0.6 is 0 Å². The molecular formula is C23H24N2O3S. The molecule has 150 valence electrons. The van der Waals surface area contributed by atoms with Gasteiger partial charge in [-0.25, -0.2) is 12.7 Å². The summed E-state index contributed by atoms with van der Waals surface area (Å²) in [6, 6.07) is 23.8. The van der Waals surface area contributed by atoms with E-state index in [1.54, 1.807) is 11.0 Å². The van der Waals surface area contributed by atoms with Crippen LogP contribution in [0.4, 0.5) is 5.69 Å². The maximum atomic E-state index is 13.5. The number of hydrogen-bond acceptors (Lipinski definition) is 3. The Morgan fingerprint density at radius 2 is 1.45 bits per heavy atom. The summed E-state index contributed by atoms with van der Waals surface area (Å²) in [4.78, 5) is 15.3. The van der Waals surface area contributed by atoms with Gasteiger partial charge in [-0.2, -0.15) is 0 Å². The Morgan fingerprint density at radius 3 is 2.03 bits per heavy atom. The SMILES string of the molecule is Cc1ccc(S(=O)(=O)N(C)C)cc1C(=O)N(Cc1ccccc1)c1ccccc1. The van der Waals surface area contributed by atoms with Crippen LogP contribution in [0, 0.1) is 6.92 Å². The highest BCUT2D eigenvalue weighted by Crippen LogP contribution is 2.24. The lowest BCUT2D eigenvalue weighted by molar-refractivity contribution is 0.0984. The number of amides is 1. The zero-order valence-electron chi connectivity index (χ0n) is 16.7. The van der Waals surface area contributed by atoms with Crippen molar-refractivity contribution in [2.75, 3.05) is 19.0 Å². The van der Waals surface area contributed by atoms with Crippen LogP contribution in [-0.4, -0.2) is 32.7 Å². The number of rotatable bonds is 6. The lowest BCUT2D eigenvalue weighted by atomic mass is 10.1. The fraction of sp³-hybridized carbons (Fsp3) is 0.174. The third-order valence-corrected chi connectivity index (χ3v) is 6.53. The predicted molar refractivity (Wildman–Crippen MR) is 115 cm³/mol. The number of benzene rings is 3. The maximum Gasteiger partial charge on any atom is 0.258 e. The number of sulfonamides is 1. The first-order valence-electron chi connectivity index (χ1n) is 9.24. The van der Waals surface area contributed by atoms with E-state index in [1.807, 2.05) is 67.6 Å². The maximum absolute atomic E-state index is 13.5. The van der Waals surface area contributed by atoms with E-state index in [4.69, 9.17) is 0 Å². The predicted octanol–water partition coefficient (Wildman–Crippen LogP) is 4.09. The highest BCUT2D eigenvalue weighted by molar-refractivity contribution is 7.89. The average molecular weight is 409 g/mol. The van der Waals surface area contributed by atoms with Crippen molar-refractivity contribution in [2.24, 2.45) is 0 Å². The minimum Gasteiger partial charge on any atom is -0.304 e. The molecule has 0 saturated carbocycles. The van der Waals surface area contributed by atoms with E-state index in [9.17, 15) is 13.2 Å². The van der Waals surface area contributed by atoms with Gasteiger partial charge < -0.3 is 4.90 Å². The Labute approximate surface area is 172 Å². The van der Waals surface area contributed by atoms with E-state index in [0.717, 1.165) is 21.1 Å². The average Bonchev–Trinajstić information content (AvgIpc) is 2.73. The highest BCUT2D eigenvalue weighted by atomic mass is 32.2. The molecule has 29 heavy (non-hydrogen) atoms. The van der Waals surface area contributed by atoms with Gasteiger partial charge >= 0.3 is 0 Å². The van der Waals surface area contributed by atoms with E-state index < -0.39 is 10.0 Å². The summed E-state index contributed by atoms with van der Waals surface area (Å²) in [5, 5.41) is 0. The Balaban J connectivity index is 2.06. The topological polar surface area (TPSA) is 57.7 Å². The van der Waals surface area contributed by atoms with Gasteiger partial charge in [0, 0.05) is 25.3 Å². The van der Waals surface area contributed by atoms with Gasteiger partial charge in [0.05, 0.1) is 11.4 Å². The van der Waals surface area contributed by atoms with Crippen molar-refractivity contribution >= 4 is 21.6 Å². The molecule has 3 rings (SSSR count). The molecule has 3 aromatic rings. The van der Waals surface area contributed by atoms with Crippen molar-refractivity contribution in [3.63, 3.8) is 0 Å². The molecular weight excluding hydrogens is 384 g/mol. The van der Waals surface area contributed by atoms with Gasteiger partial charge in [-0.15, -0.1) is 0 Å². The second-order valence-corrected chi connectivity index (χ2v) is 9.13. The van der Waals surface area contributed by atoms with E-state index in [2.05, 4.69) is 0 Å². The largest absolute Gasteiger partial charge is 0.304 e. The summed E-state index contributed by atoms with van der Waals surface area (Å²) >= 11 is 0. The normalized spacial score (nSPS) is 11.4. The molecule has 0 heterocycles. The van der Waals surface area contributed by atoms with Gasteiger partial charge in [0.1, 0.15) is 0 Å². The fourth-order valence-electron chi connectivity index (χ4n) is 3.00. The zero-order chi connectivity index (χ0) is 21.0. The molecule has 0 unspecified atom stereocenters. The first-order valence-corrected chi connectivity index (χ1v) is 10.7. The molecule has 0 saturated heterocycles. The van der Waals surface area contributed by atoms with Crippen LogP contribution in [0.25, 0.3) is 0 Å². The van der Waals surface area contributed by atoms with E-state index in [1.165, 1.54) is 26.2 Å². The second kappa shape index (κ2) is 8.59. The highest BCUT2D eigenvalue weighted by Gasteiger charge is 2.24. The Morgan fingerprint density at radius 1 is 0.862 bits per heavy atom. The van der Waals surface area contributed by atoms with Crippen LogP contribution in [0.3, 0.4) is 0 Å². The van der Waals surface area contributed by atoms with Crippen LogP contribution in [0.2, 0.25) is 0 Å². The number of carbonyl (C=O) groups is 1. The molecule has 0 bridgehead atoms. The van der Waals surface area contributed by atoms with Gasteiger partial charge in [-0.3, -0.25) is 4.79 Å². The van der Waals surface area contributed by atoms with E-state index in [-0.39, 0.29) is 10.8 Å². The lowest BCUT2D eigenvalue weighted by Gasteiger charge is -2.24. The van der Waals surface area contributed by atoms with Crippen LogP contribution < -0.4 is 4.90 Å². The summed E-state index contributed by atoms with van der Waals surface area (Å²) in [5.74, 6) is -0.242. The molecule has 6 heteroatoms. The van der Waals surface area contributed by atoms with E-state index >= 15 is 0 Å². The number of nitrogens with zero attached hydrogens (tertiary/aromatic N) is 2. The second-order valence-electron chi connectivity index (χ2n) is 6.98. The molecule has 0 radical (unpaired) electrons. The Hall–Kier alpha value is -2.96. The first-order chi connectivity index (χ1) is 13.8. The van der Waals surface area contributed by atoms with Crippen LogP contribution in [0.1, 0.15) is 21.5 Å². The Kier molecular flexibility index (Phi) is 6.15. The third-order valence-electron chi connectivity index (χ3n) is 4.71. The minimum absolute atomic E-state index is 0.101. The number of para-hydroxylation sites is 1. The van der Waals surface area contributed by atoms with Crippen molar-refractivity contribution in [2.45, 2.75) is 18.4 Å². The third kappa shape index (κ3) is 4.55. The zero-order valence-corrected chi connectivity index (χ0v) is 17.6. The first kappa shape index (κ1) is 20.8. The molecule has 0 aliphatic carbocycles. The number of aryl methyl sites for hydroxylation is 1. The quantitative estimate of drug-likeness (QED) is 0.617. The van der Waals surface area contributed by atoms with Gasteiger partial charge in [0.25, 0.3) is 5.91 Å². The molecule has 3 aromatic carbocycles. The van der Waals surface area contributed by atoms with Crippen molar-refractivity contribution in [1.82, 2.24) is 4.31 Å². The van der Waals surface area contributed by atoms with Gasteiger partial charge in [-0.05, 0) is 42.3 Å². The summed E-state index contributed by atoms with van der Waals surface area (Å²) < 4.78 is 26.2. The number of carbonyl (C=O) groups excluding carboxylic acids is 1. The molecule has 0 aliphatic heterocycles. The summed E-state index contributed by atoms with van der Waals surface area (Å²) in [5.41, 5.74) is 2.83. The molecule has 0 aromatic heterocycles. The van der Waals surface area contributed by atoms with Gasteiger partial charge in [0.15, 0.2) is 0 Å². The Bertz CT molecular complexity index is 1100. The fourth-order valence-corrected chi connectivity index (χ4v) is 3.93. The van der Waals surface area contributed by atoms with E-state index in [0.29, 0.717) is 12.1 Å². The van der Waals surface area contributed by atoms with Crippen LogP contribution in [0.5, 0.6) is 0 Å². The lowest BCUT2D eigenvalue weighted by Crippen LogP contribution is -2.31. The standard InChI is InChI=1S/C23H24N2O3S/c1-18-14-15-21(29(27,28)24(2)3)16-22(18)23(26)25(20-12-8-5-9-13-20)17-19-10-6-4-7-11-19/h4-16H,17H2,1-3H3. The van der Waals surface area contributed by atoms with Crippen molar-refractivity contribution in [3.8, 4) is 0 Å². The molecule has 5 nitrogen and oxygen atoms in total. The molecule has 1 amide bonds. The number of anilines is 1. The van der Waals surface area contributed by atoms with Gasteiger partial charge in [-0.1, -0.05) is 54.6 Å². The molecule has 0 fully saturated rings. The summed E-state index contributed by atoms with van der Waals surface area (Å²) in [6.45, 7) is 2.19. The summed E-state index contributed by atoms with van der Waals surface area (Å²) in [6.07, 6.45) is 0. The van der Waals surface area contributed by atoms with Crippen molar-refractivity contribution in [3.05, 3.63) is 95.6 Å². The van der Waals surface area contributed by atoms with Crippen LogP contribution in [0.15, 0.2) is 83.8 Å². The number of hydrogen-bond donors (Lipinski definition) is 0. The van der Waals surface area contributed by atoms with Gasteiger partial charge in [0.2, 0.25) is 10.0 Å². The monoisotopic (exact) mass is 408 g/mol. The molecule has 0 aliphatic rings. The van der Waals surface area contributed by atoms with Crippen LogP contribution in [-0.2, 0) is 16.6 Å². The minimum atomic E-state index is -3.64. The molecule has 0 atom stereocenters. The van der Waals surface area contributed by atoms with Crippen molar-refractivity contribution in [1.29, 1.82) is 0 Å². The smallest absolute Gasteiger partial charge is 0.258 e. The molecule has 0 N–H and O–H groups in total. The van der Waals surface area contributed by atoms with Crippen molar-refractivity contribution < 1.29 is 13.2 Å². The summed E-state index contributed by atoms with van der Waals surface area (Å²) in [7, 11) is -0.687.